The summed E-state index contributed by atoms with van der Waals surface area (Å²) in [7, 11) is 1.65. The summed E-state index contributed by atoms with van der Waals surface area (Å²) in [5, 5.41) is 10.1. The van der Waals surface area contributed by atoms with E-state index in [1.54, 1.807) is 7.11 Å². The molecule has 0 aliphatic rings. The summed E-state index contributed by atoms with van der Waals surface area (Å²) in [6, 6.07) is 13.5. The van der Waals surface area contributed by atoms with Crippen LogP contribution in [0.5, 0.6) is 5.75 Å². The highest BCUT2D eigenvalue weighted by Crippen LogP contribution is 2.20. The van der Waals surface area contributed by atoms with Crippen LogP contribution in [0.1, 0.15) is 29.5 Å². The minimum absolute atomic E-state index is 0.450. The molecule has 0 radical (unpaired) electrons. The van der Waals surface area contributed by atoms with Crippen LogP contribution in [0.15, 0.2) is 42.5 Å². The lowest BCUT2D eigenvalue weighted by molar-refractivity contribution is 0.167. The molecule has 1 N–H and O–H groups in total. The summed E-state index contributed by atoms with van der Waals surface area (Å²) < 4.78 is 5.22. The lowest BCUT2D eigenvalue weighted by atomic mass is 10.0. The Hall–Kier alpha value is -1.87. The summed E-state index contributed by atoms with van der Waals surface area (Å²) in [4.78, 5) is 4.46. The van der Waals surface area contributed by atoms with E-state index in [-0.39, 0.29) is 0 Å². The van der Waals surface area contributed by atoms with Gasteiger partial charge in [-0.15, -0.1) is 0 Å². The fourth-order valence-corrected chi connectivity index (χ4v) is 2.08. The molecule has 0 aliphatic carbocycles. The molecule has 0 aliphatic heterocycles. The van der Waals surface area contributed by atoms with Crippen molar-refractivity contribution < 1.29 is 9.84 Å². The fourth-order valence-electron chi connectivity index (χ4n) is 2.08. The standard InChI is InChI=1S/C16H19NO2/c1-12-10-15(19-2)11-14(17-12)8-9-16(18)13-6-4-3-5-7-13/h3-7,10-11,16,18H,8-9H2,1-2H3. The largest absolute Gasteiger partial charge is 0.497 e. The van der Waals surface area contributed by atoms with Gasteiger partial charge in [-0.3, -0.25) is 4.98 Å². The van der Waals surface area contributed by atoms with Gasteiger partial charge < -0.3 is 9.84 Å². The van der Waals surface area contributed by atoms with Crippen molar-refractivity contribution in [3.05, 3.63) is 59.4 Å². The van der Waals surface area contributed by atoms with Crippen molar-refractivity contribution in [2.24, 2.45) is 0 Å². The van der Waals surface area contributed by atoms with Gasteiger partial charge in [-0.2, -0.15) is 0 Å². The molecule has 3 heteroatoms. The van der Waals surface area contributed by atoms with Gasteiger partial charge in [-0.25, -0.2) is 0 Å². The fraction of sp³-hybridized carbons (Fsp3) is 0.312. The highest BCUT2D eigenvalue weighted by Gasteiger charge is 2.08. The summed E-state index contributed by atoms with van der Waals surface area (Å²) in [6.45, 7) is 1.94. The number of aryl methyl sites for hydroxylation is 2. The molecule has 0 amide bonds. The van der Waals surface area contributed by atoms with Gasteiger partial charge in [0.1, 0.15) is 5.75 Å². The number of aromatic nitrogens is 1. The van der Waals surface area contributed by atoms with Crippen LogP contribution in [0.2, 0.25) is 0 Å². The van der Waals surface area contributed by atoms with E-state index in [0.717, 1.165) is 29.1 Å². The number of methoxy groups -OCH3 is 1. The zero-order chi connectivity index (χ0) is 13.7. The second-order valence-electron chi connectivity index (χ2n) is 4.60. The van der Waals surface area contributed by atoms with E-state index in [0.29, 0.717) is 6.42 Å². The summed E-state index contributed by atoms with van der Waals surface area (Å²) in [6.07, 6.45) is 0.937. The average molecular weight is 257 g/mol. The Morgan fingerprint density at radius 2 is 1.95 bits per heavy atom. The van der Waals surface area contributed by atoms with E-state index < -0.39 is 6.10 Å². The Morgan fingerprint density at radius 3 is 2.63 bits per heavy atom. The topological polar surface area (TPSA) is 42.4 Å². The SMILES string of the molecule is COc1cc(C)nc(CCC(O)c2ccccc2)c1. The lowest BCUT2D eigenvalue weighted by Crippen LogP contribution is -2.01. The van der Waals surface area contributed by atoms with E-state index in [1.807, 2.05) is 49.4 Å². The maximum atomic E-state index is 10.1. The van der Waals surface area contributed by atoms with Gasteiger partial charge >= 0.3 is 0 Å². The third kappa shape index (κ3) is 3.80. The Bertz CT molecular complexity index is 526. The van der Waals surface area contributed by atoms with Gasteiger partial charge in [-0.1, -0.05) is 30.3 Å². The van der Waals surface area contributed by atoms with Gasteiger partial charge in [0.2, 0.25) is 0 Å². The Morgan fingerprint density at radius 1 is 1.21 bits per heavy atom. The summed E-state index contributed by atoms with van der Waals surface area (Å²) in [5.41, 5.74) is 2.83. The Balaban J connectivity index is 2.01. The van der Waals surface area contributed by atoms with Crippen LogP contribution in [0, 0.1) is 6.92 Å². The molecule has 2 aromatic rings. The number of aliphatic hydroxyl groups excluding tert-OH is 1. The van der Waals surface area contributed by atoms with E-state index in [4.69, 9.17) is 4.74 Å². The molecule has 100 valence electrons. The van der Waals surface area contributed by atoms with Crippen LogP contribution in [0.25, 0.3) is 0 Å². The highest BCUT2D eigenvalue weighted by atomic mass is 16.5. The van der Waals surface area contributed by atoms with Crippen LogP contribution in [-0.4, -0.2) is 17.2 Å². The summed E-state index contributed by atoms with van der Waals surface area (Å²) in [5.74, 6) is 0.816. The monoisotopic (exact) mass is 257 g/mol. The van der Waals surface area contributed by atoms with Gasteiger partial charge in [0.15, 0.2) is 0 Å². The summed E-state index contributed by atoms with van der Waals surface area (Å²) >= 11 is 0. The predicted octanol–water partition coefficient (Wildman–Crippen LogP) is 3.06. The first kappa shape index (κ1) is 13.6. The molecule has 3 nitrogen and oxygen atoms in total. The molecular weight excluding hydrogens is 238 g/mol. The first-order valence-electron chi connectivity index (χ1n) is 6.43. The number of ether oxygens (including phenoxy) is 1. The first-order chi connectivity index (χ1) is 9.19. The van der Waals surface area contributed by atoms with Crippen molar-refractivity contribution in [2.45, 2.75) is 25.9 Å². The van der Waals surface area contributed by atoms with E-state index in [1.165, 1.54) is 0 Å². The van der Waals surface area contributed by atoms with Crippen LogP contribution in [-0.2, 0) is 6.42 Å². The van der Waals surface area contributed by atoms with Gasteiger partial charge in [0, 0.05) is 23.5 Å². The quantitative estimate of drug-likeness (QED) is 0.895. The van der Waals surface area contributed by atoms with Gasteiger partial charge in [0.25, 0.3) is 0 Å². The Labute approximate surface area is 113 Å². The normalized spacial score (nSPS) is 12.2. The zero-order valence-corrected chi connectivity index (χ0v) is 11.3. The maximum Gasteiger partial charge on any atom is 0.122 e. The second-order valence-corrected chi connectivity index (χ2v) is 4.60. The van der Waals surface area contributed by atoms with Crippen molar-refractivity contribution >= 4 is 0 Å². The number of aliphatic hydroxyl groups is 1. The molecule has 0 fully saturated rings. The molecule has 0 saturated carbocycles. The van der Waals surface area contributed by atoms with Gasteiger partial charge in [0.05, 0.1) is 13.2 Å². The molecule has 1 atom stereocenters. The number of hydrogen-bond donors (Lipinski definition) is 1. The third-order valence-corrected chi connectivity index (χ3v) is 3.07. The van der Waals surface area contributed by atoms with E-state index in [2.05, 4.69) is 4.98 Å². The molecule has 0 bridgehead atoms. The van der Waals surface area contributed by atoms with E-state index >= 15 is 0 Å². The molecular formula is C16H19NO2. The minimum atomic E-state index is -0.450. The third-order valence-electron chi connectivity index (χ3n) is 3.07. The molecule has 1 aromatic carbocycles. The van der Waals surface area contributed by atoms with Crippen molar-refractivity contribution in [1.82, 2.24) is 4.98 Å². The molecule has 1 unspecified atom stereocenters. The number of rotatable bonds is 5. The minimum Gasteiger partial charge on any atom is -0.497 e. The average Bonchev–Trinajstić information content (AvgIpc) is 2.45. The smallest absolute Gasteiger partial charge is 0.122 e. The zero-order valence-electron chi connectivity index (χ0n) is 11.3. The second kappa shape index (κ2) is 6.34. The Kier molecular flexibility index (Phi) is 4.53. The molecule has 19 heavy (non-hydrogen) atoms. The van der Waals surface area contributed by atoms with Crippen LogP contribution < -0.4 is 4.74 Å². The van der Waals surface area contributed by atoms with E-state index in [9.17, 15) is 5.11 Å². The maximum absolute atomic E-state index is 10.1. The van der Waals surface area contributed by atoms with Crippen molar-refractivity contribution in [2.75, 3.05) is 7.11 Å². The molecule has 1 aromatic heterocycles. The lowest BCUT2D eigenvalue weighted by Gasteiger charge is -2.11. The number of hydrogen-bond acceptors (Lipinski definition) is 3. The number of benzene rings is 1. The first-order valence-corrected chi connectivity index (χ1v) is 6.43. The number of nitrogens with zero attached hydrogens (tertiary/aromatic N) is 1. The number of pyridine rings is 1. The highest BCUT2D eigenvalue weighted by molar-refractivity contribution is 5.27. The molecule has 0 saturated heterocycles. The van der Waals surface area contributed by atoms with Crippen LogP contribution in [0.3, 0.4) is 0 Å². The van der Waals surface area contributed by atoms with Gasteiger partial charge in [-0.05, 0) is 25.3 Å². The molecule has 0 spiro atoms. The van der Waals surface area contributed by atoms with Crippen LogP contribution >= 0.6 is 0 Å². The predicted molar refractivity (Wildman–Crippen MR) is 75.2 cm³/mol. The molecule has 2 rings (SSSR count). The van der Waals surface area contributed by atoms with Crippen molar-refractivity contribution in [1.29, 1.82) is 0 Å². The molecule has 1 heterocycles. The van der Waals surface area contributed by atoms with Crippen LogP contribution in [0.4, 0.5) is 0 Å². The van der Waals surface area contributed by atoms with Crippen molar-refractivity contribution in [3.8, 4) is 5.75 Å². The van der Waals surface area contributed by atoms with Crippen molar-refractivity contribution in [3.63, 3.8) is 0 Å².